The zero-order valence-electron chi connectivity index (χ0n) is 11.5. The molecule has 18 heavy (non-hydrogen) atoms. The van der Waals surface area contributed by atoms with Crippen LogP contribution in [0.2, 0.25) is 0 Å². The maximum absolute atomic E-state index is 11.9. The Morgan fingerprint density at radius 1 is 1.17 bits per heavy atom. The lowest BCUT2D eigenvalue weighted by atomic mass is 10.2. The Labute approximate surface area is 109 Å². The molecule has 6 heteroatoms. The first-order valence-corrected chi connectivity index (χ1v) is 7.83. The van der Waals surface area contributed by atoms with E-state index < -0.39 is 32.2 Å². The zero-order valence-corrected chi connectivity index (χ0v) is 12.3. The van der Waals surface area contributed by atoms with E-state index in [0.29, 0.717) is 6.42 Å². The normalized spacial score (nSPS) is 14.9. The van der Waals surface area contributed by atoms with Gasteiger partial charge in [-0.15, -0.1) is 0 Å². The summed E-state index contributed by atoms with van der Waals surface area (Å²) in [5, 5.41) is 0.715. The van der Waals surface area contributed by atoms with E-state index in [-0.39, 0.29) is 0 Å². The predicted octanol–water partition coefficient (Wildman–Crippen LogP) is 1.42. The highest BCUT2D eigenvalue weighted by molar-refractivity contribution is 8.06. The van der Waals surface area contributed by atoms with E-state index in [1.54, 1.807) is 6.92 Å². The highest BCUT2D eigenvalue weighted by Gasteiger charge is 2.33. The number of carbonyl (C=O) groups excluding carboxylic acids is 2. The maximum Gasteiger partial charge on any atom is 0.268 e. The molecular formula is C12H23NO4S. The molecule has 0 aromatic carbocycles. The van der Waals surface area contributed by atoms with Crippen molar-refractivity contribution >= 4 is 20.9 Å². The largest absolute Gasteiger partial charge is 0.346 e. The van der Waals surface area contributed by atoms with Gasteiger partial charge in [0, 0.05) is 6.92 Å². The second kappa shape index (κ2) is 7.51. The van der Waals surface area contributed by atoms with Crippen LogP contribution in [-0.2, 0) is 19.4 Å². The number of carbonyl (C=O) groups is 2. The first-order chi connectivity index (χ1) is 8.23. The highest BCUT2D eigenvalue weighted by atomic mass is 32.2. The van der Waals surface area contributed by atoms with Gasteiger partial charge in [-0.25, -0.2) is 8.42 Å². The molecule has 1 amide bonds. The summed E-state index contributed by atoms with van der Waals surface area (Å²) >= 11 is 0. The van der Waals surface area contributed by atoms with Crippen LogP contribution in [0.3, 0.4) is 0 Å². The summed E-state index contributed by atoms with van der Waals surface area (Å²) in [7, 11) is -3.82. The molecule has 0 aromatic rings. The van der Waals surface area contributed by atoms with E-state index in [2.05, 4.69) is 5.32 Å². The van der Waals surface area contributed by atoms with Crippen LogP contribution in [0, 0.1) is 0 Å². The number of amides is 1. The van der Waals surface area contributed by atoms with Crippen LogP contribution < -0.4 is 5.32 Å². The third-order valence-corrected chi connectivity index (χ3v) is 5.01. The van der Waals surface area contributed by atoms with Crippen molar-refractivity contribution in [2.24, 2.45) is 0 Å². The second-order valence-electron chi connectivity index (χ2n) is 4.59. The van der Waals surface area contributed by atoms with Crippen LogP contribution in [0.4, 0.5) is 0 Å². The second-order valence-corrected chi connectivity index (χ2v) is 6.89. The topological polar surface area (TPSA) is 80.3 Å². The molecule has 0 saturated carbocycles. The van der Waals surface area contributed by atoms with Gasteiger partial charge in [-0.1, -0.05) is 26.2 Å². The van der Waals surface area contributed by atoms with Gasteiger partial charge >= 0.3 is 0 Å². The van der Waals surface area contributed by atoms with Crippen LogP contribution in [0.5, 0.6) is 0 Å². The van der Waals surface area contributed by atoms with E-state index in [4.69, 9.17) is 0 Å². The fraction of sp³-hybridized carbons (Fsp3) is 0.833. The Hall–Kier alpha value is -0.910. The monoisotopic (exact) mass is 277 g/mol. The molecule has 0 aliphatic heterocycles. The van der Waals surface area contributed by atoms with E-state index in [9.17, 15) is 18.0 Å². The molecule has 0 aromatic heterocycles. The molecule has 0 heterocycles. The minimum Gasteiger partial charge on any atom is -0.346 e. The predicted molar refractivity (Wildman–Crippen MR) is 70.8 cm³/mol. The molecule has 106 valence electrons. The van der Waals surface area contributed by atoms with Gasteiger partial charge in [0.1, 0.15) is 6.04 Å². The van der Waals surface area contributed by atoms with Gasteiger partial charge in [0.05, 0.1) is 5.25 Å². The first kappa shape index (κ1) is 17.1. The Kier molecular flexibility index (Phi) is 7.13. The molecule has 0 radical (unpaired) electrons. The third-order valence-electron chi connectivity index (χ3n) is 2.80. The lowest BCUT2D eigenvalue weighted by Crippen LogP contribution is -2.43. The molecule has 0 rings (SSSR count). The van der Waals surface area contributed by atoms with Crippen LogP contribution in [0.1, 0.15) is 53.4 Å². The Morgan fingerprint density at radius 3 is 2.17 bits per heavy atom. The van der Waals surface area contributed by atoms with Gasteiger partial charge in [-0.3, -0.25) is 9.59 Å². The number of hydrogen-bond donors (Lipinski definition) is 1. The van der Waals surface area contributed by atoms with Crippen molar-refractivity contribution in [1.29, 1.82) is 0 Å². The van der Waals surface area contributed by atoms with Gasteiger partial charge in [0.15, 0.2) is 0 Å². The fourth-order valence-corrected chi connectivity index (χ4v) is 3.07. The summed E-state index contributed by atoms with van der Waals surface area (Å²) in [5.41, 5.74) is 0. The minimum absolute atomic E-state index is 0.412. The van der Waals surface area contributed by atoms with Gasteiger partial charge < -0.3 is 5.32 Å². The summed E-state index contributed by atoms with van der Waals surface area (Å²) < 4.78 is 23.9. The van der Waals surface area contributed by atoms with Crippen LogP contribution >= 0.6 is 0 Å². The van der Waals surface area contributed by atoms with Crippen molar-refractivity contribution in [3.8, 4) is 0 Å². The van der Waals surface area contributed by atoms with E-state index >= 15 is 0 Å². The smallest absolute Gasteiger partial charge is 0.268 e. The van der Waals surface area contributed by atoms with Crippen molar-refractivity contribution in [3.63, 3.8) is 0 Å². The number of nitrogens with one attached hydrogen (secondary N) is 1. The van der Waals surface area contributed by atoms with Gasteiger partial charge in [0.2, 0.25) is 15.7 Å². The highest BCUT2D eigenvalue weighted by Crippen LogP contribution is 2.14. The molecule has 5 nitrogen and oxygen atoms in total. The molecule has 0 spiro atoms. The van der Waals surface area contributed by atoms with Crippen LogP contribution in [0.15, 0.2) is 0 Å². The molecule has 1 N–H and O–H groups in total. The number of rotatable bonds is 7. The van der Waals surface area contributed by atoms with Crippen molar-refractivity contribution in [1.82, 2.24) is 5.32 Å². The maximum atomic E-state index is 11.9. The minimum atomic E-state index is -3.82. The Morgan fingerprint density at radius 2 is 1.72 bits per heavy atom. The molecule has 0 aliphatic rings. The summed E-state index contributed by atoms with van der Waals surface area (Å²) in [6.07, 6.45) is 3.23. The van der Waals surface area contributed by atoms with Crippen LogP contribution in [0.25, 0.3) is 0 Å². The van der Waals surface area contributed by atoms with Crippen molar-refractivity contribution in [2.45, 2.75) is 64.7 Å². The first-order valence-electron chi connectivity index (χ1n) is 6.28. The average Bonchev–Trinajstić information content (AvgIpc) is 2.27. The lowest BCUT2D eigenvalue weighted by Gasteiger charge is -2.16. The van der Waals surface area contributed by atoms with Crippen molar-refractivity contribution in [3.05, 3.63) is 0 Å². The standard InChI is InChI=1S/C12H23NO4S/c1-5-6-7-8-9(2)18(16,17)12(15)10(3)13-11(4)14/h9-10H,5-8H2,1-4H3,(H,13,14)/t9?,10-/m0/s1. The fourth-order valence-electron chi connectivity index (χ4n) is 1.65. The third kappa shape index (κ3) is 5.16. The van der Waals surface area contributed by atoms with Crippen molar-refractivity contribution in [2.75, 3.05) is 0 Å². The van der Waals surface area contributed by atoms with Gasteiger partial charge in [0.25, 0.3) is 5.12 Å². The molecule has 1 unspecified atom stereocenters. The van der Waals surface area contributed by atoms with Crippen LogP contribution in [-0.4, -0.2) is 30.7 Å². The molecule has 0 bridgehead atoms. The van der Waals surface area contributed by atoms with E-state index in [1.807, 2.05) is 6.92 Å². The summed E-state index contributed by atoms with van der Waals surface area (Å²) in [6, 6.07) is -0.985. The molecule has 0 saturated heterocycles. The quantitative estimate of drug-likeness (QED) is 0.714. The number of hydrogen-bond acceptors (Lipinski definition) is 4. The number of sulfone groups is 1. The van der Waals surface area contributed by atoms with E-state index in [1.165, 1.54) is 13.8 Å². The molecular weight excluding hydrogens is 254 g/mol. The Balaban J connectivity index is 4.60. The van der Waals surface area contributed by atoms with Gasteiger partial charge in [-0.05, 0) is 20.3 Å². The van der Waals surface area contributed by atoms with Crippen molar-refractivity contribution < 1.29 is 18.0 Å². The molecule has 0 fully saturated rings. The molecule has 0 aliphatic carbocycles. The lowest BCUT2D eigenvalue weighted by molar-refractivity contribution is -0.123. The zero-order chi connectivity index (χ0) is 14.3. The average molecular weight is 277 g/mol. The SMILES string of the molecule is CCCCCC(C)S(=O)(=O)C(=O)[C@H](C)NC(C)=O. The number of unbranched alkanes of at least 4 members (excludes halogenated alkanes) is 2. The summed E-state index contributed by atoms with van der Waals surface area (Å²) in [6.45, 7) is 6.22. The summed E-state index contributed by atoms with van der Waals surface area (Å²) in [4.78, 5) is 22.6. The summed E-state index contributed by atoms with van der Waals surface area (Å²) in [5.74, 6) is -0.412. The Bertz CT molecular complexity index is 389. The van der Waals surface area contributed by atoms with E-state index in [0.717, 1.165) is 19.3 Å². The van der Waals surface area contributed by atoms with Gasteiger partial charge in [-0.2, -0.15) is 0 Å². The molecule has 2 atom stereocenters.